The number of rotatable bonds is 8. The zero-order valence-electron chi connectivity index (χ0n) is 21.4. The number of amides is 1. The number of benzene rings is 2. The average molecular weight is 478 g/mol. The summed E-state index contributed by atoms with van der Waals surface area (Å²) in [6, 6.07) is 10.4. The van der Waals surface area contributed by atoms with E-state index in [-0.39, 0.29) is 24.3 Å². The first-order valence-electron chi connectivity index (χ1n) is 13.0. The maximum Gasteiger partial charge on any atom is 0.310 e. The van der Waals surface area contributed by atoms with E-state index < -0.39 is 0 Å². The molecule has 0 saturated heterocycles. The van der Waals surface area contributed by atoms with E-state index in [9.17, 15) is 9.59 Å². The molecule has 6 heteroatoms. The fourth-order valence-electron chi connectivity index (χ4n) is 5.50. The first kappa shape index (κ1) is 25.1. The molecule has 1 amide bonds. The first-order valence-corrected chi connectivity index (χ1v) is 13.0. The number of nitrogens with zero attached hydrogens (tertiary/aromatic N) is 1. The number of hydrogen-bond acceptors (Lipinski definition) is 5. The predicted octanol–water partition coefficient (Wildman–Crippen LogP) is 5.72. The highest BCUT2D eigenvalue weighted by Crippen LogP contribution is 2.36. The Morgan fingerprint density at radius 1 is 1.11 bits per heavy atom. The predicted molar refractivity (Wildman–Crippen MR) is 142 cm³/mol. The molecule has 1 saturated carbocycles. The third kappa shape index (κ3) is 6.16. The second-order valence-electron chi connectivity index (χ2n) is 10.3. The van der Waals surface area contributed by atoms with Gasteiger partial charge < -0.3 is 20.7 Å². The Kier molecular flexibility index (Phi) is 7.99. The van der Waals surface area contributed by atoms with Gasteiger partial charge in [-0.25, -0.2) is 0 Å². The normalized spacial score (nSPS) is 17.6. The van der Waals surface area contributed by atoms with Crippen molar-refractivity contribution >= 4 is 28.9 Å². The van der Waals surface area contributed by atoms with E-state index in [1.54, 1.807) is 18.9 Å². The molecule has 0 spiro atoms. The zero-order chi connectivity index (χ0) is 24.9. The molecule has 6 nitrogen and oxygen atoms in total. The maximum absolute atomic E-state index is 12.5. The van der Waals surface area contributed by atoms with Crippen LogP contribution in [0.3, 0.4) is 0 Å². The SMILES string of the molecule is CC(=O)N(C)c1cc(NC2CCCc3cc(CC(=O)OCCC4CCCC4)c(N)cc32)ccc1C. The summed E-state index contributed by atoms with van der Waals surface area (Å²) in [7, 11) is 1.80. The number of esters is 1. The highest BCUT2D eigenvalue weighted by molar-refractivity contribution is 5.92. The van der Waals surface area contributed by atoms with Crippen molar-refractivity contribution in [3.8, 4) is 0 Å². The molecule has 2 aromatic carbocycles. The summed E-state index contributed by atoms with van der Waals surface area (Å²) in [6.07, 6.45) is 9.38. The molecule has 1 unspecified atom stereocenters. The molecule has 0 radical (unpaired) electrons. The number of carbonyl (C=O) groups excluding carboxylic acids is 2. The van der Waals surface area contributed by atoms with Crippen LogP contribution in [0.4, 0.5) is 17.1 Å². The van der Waals surface area contributed by atoms with Crippen molar-refractivity contribution in [2.24, 2.45) is 5.92 Å². The van der Waals surface area contributed by atoms with Crippen molar-refractivity contribution < 1.29 is 14.3 Å². The van der Waals surface area contributed by atoms with Crippen LogP contribution in [-0.4, -0.2) is 25.5 Å². The molecular weight excluding hydrogens is 438 g/mol. The monoisotopic (exact) mass is 477 g/mol. The molecule has 4 rings (SSSR count). The van der Waals surface area contributed by atoms with Crippen LogP contribution in [0.25, 0.3) is 0 Å². The van der Waals surface area contributed by atoms with Gasteiger partial charge in [-0.2, -0.15) is 0 Å². The van der Waals surface area contributed by atoms with Gasteiger partial charge in [0.1, 0.15) is 0 Å². The minimum Gasteiger partial charge on any atom is -0.465 e. The second kappa shape index (κ2) is 11.1. The van der Waals surface area contributed by atoms with E-state index >= 15 is 0 Å². The largest absolute Gasteiger partial charge is 0.465 e. The summed E-state index contributed by atoms with van der Waals surface area (Å²) in [6.45, 7) is 4.09. The fraction of sp³-hybridized carbons (Fsp3) is 0.517. The second-order valence-corrected chi connectivity index (χ2v) is 10.3. The van der Waals surface area contributed by atoms with Gasteiger partial charge in [-0.3, -0.25) is 9.59 Å². The van der Waals surface area contributed by atoms with Crippen LogP contribution in [0, 0.1) is 12.8 Å². The molecule has 2 aliphatic rings. The number of hydrogen-bond donors (Lipinski definition) is 2. The molecule has 0 bridgehead atoms. The van der Waals surface area contributed by atoms with Crippen LogP contribution in [0.2, 0.25) is 0 Å². The Bertz CT molecular complexity index is 1080. The van der Waals surface area contributed by atoms with Crippen LogP contribution in [-0.2, 0) is 27.2 Å². The van der Waals surface area contributed by atoms with Crippen molar-refractivity contribution in [2.45, 2.75) is 77.7 Å². The highest BCUT2D eigenvalue weighted by atomic mass is 16.5. The van der Waals surface area contributed by atoms with E-state index in [0.29, 0.717) is 18.2 Å². The number of ether oxygens (including phenoxy) is 1. The quantitative estimate of drug-likeness (QED) is 0.375. The number of nitrogens with one attached hydrogen (secondary N) is 1. The Hall–Kier alpha value is -3.02. The van der Waals surface area contributed by atoms with Crippen LogP contribution in [0.1, 0.15) is 80.2 Å². The zero-order valence-corrected chi connectivity index (χ0v) is 21.4. The summed E-state index contributed by atoms with van der Waals surface area (Å²) in [5.41, 5.74) is 13.3. The van der Waals surface area contributed by atoms with Gasteiger partial charge in [0.15, 0.2) is 0 Å². The number of carbonyl (C=O) groups is 2. The van der Waals surface area contributed by atoms with Crippen LogP contribution in [0.5, 0.6) is 0 Å². The Morgan fingerprint density at radius 3 is 2.63 bits per heavy atom. The third-order valence-corrected chi connectivity index (χ3v) is 7.70. The van der Waals surface area contributed by atoms with Crippen LogP contribution >= 0.6 is 0 Å². The Morgan fingerprint density at radius 2 is 1.89 bits per heavy atom. The van der Waals surface area contributed by atoms with Gasteiger partial charge in [0.05, 0.1) is 19.1 Å². The summed E-state index contributed by atoms with van der Waals surface area (Å²) >= 11 is 0. The lowest BCUT2D eigenvalue weighted by atomic mass is 9.85. The van der Waals surface area contributed by atoms with Gasteiger partial charge in [-0.05, 0) is 79.0 Å². The van der Waals surface area contributed by atoms with Crippen LogP contribution < -0.4 is 16.0 Å². The molecule has 1 fully saturated rings. The number of nitrogens with two attached hydrogens (primary N) is 1. The molecule has 3 N–H and O–H groups in total. The number of anilines is 3. The van der Waals surface area contributed by atoms with Crippen molar-refractivity contribution in [1.82, 2.24) is 0 Å². The minimum absolute atomic E-state index is 0.00521. The summed E-state index contributed by atoms with van der Waals surface area (Å²) in [4.78, 5) is 26.0. The Labute approximate surface area is 209 Å². The molecule has 0 heterocycles. The molecule has 35 heavy (non-hydrogen) atoms. The maximum atomic E-state index is 12.5. The van der Waals surface area contributed by atoms with Crippen molar-refractivity contribution in [3.63, 3.8) is 0 Å². The lowest BCUT2D eigenvalue weighted by Gasteiger charge is -2.29. The number of nitrogen functional groups attached to an aromatic ring is 1. The van der Waals surface area contributed by atoms with Crippen molar-refractivity contribution in [3.05, 3.63) is 52.6 Å². The molecule has 2 aromatic rings. The van der Waals surface area contributed by atoms with E-state index in [1.807, 2.05) is 25.1 Å². The first-order chi connectivity index (χ1) is 16.8. The van der Waals surface area contributed by atoms with Gasteiger partial charge in [-0.1, -0.05) is 37.8 Å². The van der Waals surface area contributed by atoms with E-state index in [1.165, 1.54) is 36.8 Å². The summed E-state index contributed by atoms with van der Waals surface area (Å²) < 4.78 is 5.53. The van der Waals surface area contributed by atoms with Gasteiger partial charge >= 0.3 is 5.97 Å². The van der Waals surface area contributed by atoms with Crippen LogP contribution in [0.15, 0.2) is 30.3 Å². The lowest BCUT2D eigenvalue weighted by molar-refractivity contribution is -0.143. The molecule has 1 atom stereocenters. The van der Waals surface area contributed by atoms with Crippen molar-refractivity contribution in [1.29, 1.82) is 0 Å². The number of aryl methyl sites for hydroxylation is 2. The lowest BCUT2D eigenvalue weighted by Crippen LogP contribution is -2.24. The molecule has 0 aromatic heterocycles. The van der Waals surface area contributed by atoms with E-state index in [0.717, 1.165) is 48.2 Å². The minimum atomic E-state index is -0.193. The third-order valence-electron chi connectivity index (χ3n) is 7.70. The molecule has 0 aliphatic heterocycles. The molecule has 2 aliphatic carbocycles. The highest BCUT2D eigenvalue weighted by Gasteiger charge is 2.23. The number of fused-ring (bicyclic) bond motifs is 1. The van der Waals surface area contributed by atoms with Gasteiger partial charge in [0, 0.05) is 31.0 Å². The average Bonchev–Trinajstić information content (AvgIpc) is 3.34. The van der Waals surface area contributed by atoms with Gasteiger partial charge in [0.2, 0.25) is 5.91 Å². The molecule has 188 valence electrons. The fourth-order valence-corrected chi connectivity index (χ4v) is 5.50. The molecular formula is C29H39N3O3. The van der Waals surface area contributed by atoms with Crippen molar-refractivity contribution in [2.75, 3.05) is 29.6 Å². The Balaban J connectivity index is 1.43. The summed E-state index contributed by atoms with van der Waals surface area (Å²) in [5, 5.41) is 3.66. The topological polar surface area (TPSA) is 84.7 Å². The van der Waals surface area contributed by atoms with Gasteiger partial charge in [0.25, 0.3) is 0 Å². The van der Waals surface area contributed by atoms with E-state index in [2.05, 4.69) is 17.4 Å². The smallest absolute Gasteiger partial charge is 0.310 e. The van der Waals surface area contributed by atoms with Gasteiger partial charge in [-0.15, -0.1) is 0 Å². The summed E-state index contributed by atoms with van der Waals surface area (Å²) in [5.74, 6) is 0.529. The van der Waals surface area contributed by atoms with E-state index in [4.69, 9.17) is 10.5 Å². The standard InChI is InChI=1S/C29H39N3O3/c1-19-11-12-24(17-28(19)32(3)20(2)33)31-27-10-6-9-22-15-23(26(30)18-25(22)27)16-29(34)35-14-13-21-7-4-5-8-21/h11-12,15,17-18,21,27,31H,4-10,13-14,16,30H2,1-3H3.